The monoisotopic (exact) mass is 570 g/mol. The number of anilines is 3. The molecule has 2 heterocycles. The summed E-state index contributed by atoms with van der Waals surface area (Å²) < 4.78 is 0. The van der Waals surface area contributed by atoms with E-state index in [0.29, 0.717) is 17.9 Å². The van der Waals surface area contributed by atoms with Crippen molar-refractivity contribution < 1.29 is 47.1 Å². The second kappa shape index (κ2) is 16.7. The van der Waals surface area contributed by atoms with Gasteiger partial charge in [0.2, 0.25) is 6.41 Å². The minimum atomic E-state index is -0.756. The van der Waals surface area contributed by atoms with Crippen LogP contribution in [0.15, 0.2) is 36.5 Å². The van der Waals surface area contributed by atoms with Crippen molar-refractivity contribution in [3.8, 4) is 0 Å². The molecule has 2 aromatic rings. The van der Waals surface area contributed by atoms with Crippen LogP contribution in [0, 0.1) is 0 Å². The third kappa shape index (κ3) is 11.2. The molecule has 0 saturated carbocycles. The first-order valence-electron chi connectivity index (χ1n) is 11.3. The number of piperidine rings is 1. The number of hydrogen-bond donors (Lipinski definition) is 3. The number of aromatic nitrogens is 2. The van der Waals surface area contributed by atoms with Gasteiger partial charge in [0.25, 0.3) is 5.91 Å². The van der Waals surface area contributed by atoms with E-state index in [0.717, 1.165) is 50.4 Å². The van der Waals surface area contributed by atoms with Crippen LogP contribution >= 0.6 is 0 Å². The van der Waals surface area contributed by atoms with Crippen molar-refractivity contribution in [1.82, 2.24) is 20.2 Å². The van der Waals surface area contributed by atoms with Crippen molar-refractivity contribution in [2.75, 3.05) is 50.5 Å². The average molecular weight is 570 g/mol. The predicted molar refractivity (Wildman–Crippen MR) is 137 cm³/mol. The van der Waals surface area contributed by atoms with Gasteiger partial charge in [0.05, 0.1) is 12.1 Å². The standard InChI is InChI=1S/C19H22N6O2.C5H12N2O.Y/c20-15(26)9-6-13-4-7-14(8-5-13)23-19-17(18(21)27)22-12-16(24-19)25-10-2-1-3-11-25;1-7(2)4-3-6-5-8;/h4-9,12H,1-3,10-11H2,(H5,20,21,23,24,26,27);5H,3-4H2,1-2H3,(H,6,8);/p-1. The Hall–Kier alpha value is -2.89. The maximum absolute atomic E-state index is 11.7. The molecule has 36 heavy (non-hydrogen) atoms. The Bertz CT molecular complexity index is 1010. The first-order chi connectivity index (χ1) is 16.8. The van der Waals surface area contributed by atoms with Gasteiger partial charge in [-0.2, -0.15) is 0 Å². The van der Waals surface area contributed by atoms with Crippen molar-refractivity contribution in [1.29, 1.82) is 0 Å². The van der Waals surface area contributed by atoms with Gasteiger partial charge < -0.3 is 36.7 Å². The van der Waals surface area contributed by atoms with E-state index >= 15 is 0 Å². The molecular formula is C24H33N8O3Y-. The van der Waals surface area contributed by atoms with Crippen LogP contribution in [0.4, 0.5) is 17.3 Å². The Morgan fingerprint density at radius 1 is 1.17 bits per heavy atom. The molecular weight excluding hydrogens is 537 g/mol. The number of likely N-dealkylation sites (N-methyl/N-ethyl adjacent to an activating group) is 1. The molecule has 3 rings (SSSR count). The number of carbonyl (C=O) groups excluding carboxylic acids is 3. The predicted octanol–water partition coefficient (Wildman–Crippen LogP) is 2.19. The molecule has 0 spiro atoms. The first-order valence-corrected chi connectivity index (χ1v) is 11.3. The van der Waals surface area contributed by atoms with Crippen molar-refractivity contribution >= 4 is 41.6 Å². The molecule has 1 saturated heterocycles. The summed E-state index contributed by atoms with van der Waals surface area (Å²) in [4.78, 5) is 45.0. The molecule has 0 bridgehead atoms. The second-order valence-electron chi connectivity index (χ2n) is 8.16. The van der Waals surface area contributed by atoms with Crippen LogP contribution in [0.3, 0.4) is 0 Å². The quantitative estimate of drug-likeness (QED) is 0.223. The van der Waals surface area contributed by atoms with E-state index in [1.54, 1.807) is 36.5 Å². The molecule has 0 unspecified atom stereocenters. The summed E-state index contributed by atoms with van der Waals surface area (Å²) in [6.45, 7) is 3.47. The third-order valence-electron chi connectivity index (χ3n) is 5.06. The Morgan fingerprint density at radius 3 is 2.39 bits per heavy atom. The summed E-state index contributed by atoms with van der Waals surface area (Å²) in [5.74, 6) is -0.372. The Labute approximate surface area is 237 Å². The molecule has 0 atom stereocenters. The van der Waals surface area contributed by atoms with E-state index < -0.39 is 11.8 Å². The summed E-state index contributed by atoms with van der Waals surface area (Å²) in [5.41, 5.74) is 13.9. The minimum absolute atomic E-state index is 0. The zero-order chi connectivity index (χ0) is 25.6. The van der Waals surface area contributed by atoms with Gasteiger partial charge in [0, 0.05) is 64.6 Å². The minimum Gasteiger partial charge on any atom is -0.664 e. The Morgan fingerprint density at radius 2 is 1.83 bits per heavy atom. The summed E-state index contributed by atoms with van der Waals surface area (Å²) in [6, 6.07) is 7.14. The number of nitrogens with two attached hydrogens (primary N) is 1. The molecule has 3 amide bonds. The number of benzene rings is 1. The molecule has 12 heteroatoms. The van der Waals surface area contributed by atoms with Gasteiger partial charge in [-0.15, -0.1) is 0 Å². The number of amides is 3. The van der Waals surface area contributed by atoms with Crippen LogP contribution < -0.4 is 21.3 Å². The average Bonchev–Trinajstić information content (AvgIpc) is 2.84. The van der Waals surface area contributed by atoms with E-state index in [1.807, 2.05) is 19.0 Å². The second-order valence-corrected chi connectivity index (χ2v) is 8.16. The van der Waals surface area contributed by atoms with Crippen LogP contribution in [0.1, 0.15) is 35.3 Å². The summed E-state index contributed by atoms with van der Waals surface area (Å²) in [7, 11) is 3.93. The van der Waals surface area contributed by atoms with E-state index in [-0.39, 0.29) is 38.4 Å². The molecule has 5 N–H and O–H groups in total. The van der Waals surface area contributed by atoms with E-state index in [4.69, 9.17) is 11.5 Å². The first kappa shape index (κ1) is 31.1. The zero-order valence-electron chi connectivity index (χ0n) is 20.7. The number of nitrogens with one attached hydrogen (secondary N) is 3. The molecule has 1 aliphatic rings. The number of carbonyl (C=O) groups is 3. The molecule has 0 aliphatic carbocycles. The fourth-order valence-corrected chi connectivity index (χ4v) is 3.26. The van der Waals surface area contributed by atoms with Crippen LogP contribution in [0.2, 0.25) is 0 Å². The van der Waals surface area contributed by atoms with Crippen molar-refractivity contribution in [3.63, 3.8) is 0 Å². The largest absolute Gasteiger partial charge is 0.664 e. The van der Waals surface area contributed by atoms with Gasteiger partial charge in [-0.3, -0.25) is 9.59 Å². The maximum Gasteiger partial charge on any atom is 0.271 e. The zero-order valence-corrected chi connectivity index (χ0v) is 23.6. The van der Waals surface area contributed by atoms with Crippen LogP contribution in [-0.4, -0.2) is 73.4 Å². The van der Waals surface area contributed by atoms with E-state index in [9.17, 15) is 14.4 Å². The van der Waals surface area contributed by atoms with Crippen molar-refractivity contribution in [3.05, 3.63) is 53.5 Å². The number of rotatable bonds is 10. The molecule has 191 valence electrons. The van der Waals surface area contributed by atoms with E-state index in [1.165, 1.54) is 12.5 Å². The fraction of sp³-hybridized carbons (Fsp3) is 0.375. The van der Waals surface area contributed by atoms with Crippen LogP contribution in [0.25, 0.3) is 11.8 Å². The van der Waals surface area contributed by atoms with Gasteiger partial charge in [-0.1, -0.05) is 18.2 Å². The van der Waals surface area contributed by atoms with Crippen molar-refractivity contribution in [2.24, 2.45) is 5.73 Å². The van der Waals surface area contributed by atoms with Gasteiger partial charge >= 0.3 is 0 Å². The van der Waals surface area contributed by atoms with Crippen LogP contribution in [0.5, 0.6) is 0 Å². The molecule has 1 aromatic carbocycles. The van der Waals surface area contributed by atoms with Crippen molar-refractivity contribution in [2.45, 2.75) is 19.3 Å². The summed E-state index contributed by atoms with van der Waals surface area (Å²) in [5, 5.41) is 5.65. The van der Waals surface area contributed by atoms with Gasteiger partial charge in [0.1, 0.15) is 5.82 Å². The van der Waals surface area contributed by atoms with Gasteiger partial charge in [-0.25, -0.2) is 9.97 Å². The number of primary amides is 1. The fourth-order valence-electron chi connectivity index (χ4n) is 3.26. The van der Waals surface area contributed by atoms with Crippen LogP contribution in [-0.2, 0) is 42.3 Å². The third-order valence-corrected chi connectivity index (χ3v) is 5.06. The summed E-state index contributed by atoms with van der Waals surface area (Å²) in [6.07, 6.45) is 8.47. The number of nitrogens with zero attached hydrogens (tertiary/aromatic N) is 4. The SMILES string of the molecule is CN(C)CCNC=O.[NH-]C(=O)C=Cc1ccc(Nc2nc(N3CCCCC3)cnc2C(N)=O)cc1.[Y]. The van der Waals surface area contributed by atoms with Gasteiger partial charge in [0.15, 0.2) is 11.5 Å². The number of hydrogen-bond acceptors (Lipinski definition) is 8. The molecule has 1 aliphatic heterocycles. The maximum atomic E-state index is 11.7. The topological polar surface area (TPSA) is 157 Å². The molecule has 1 aromatic heterocycles. The van der Waals surface area contributed by atoms with Gasteiger partial charge in [-0.05, 0) is 57.1 Å². The smallest absolute Gasteiger partial charge is 0.271 e. The Balaban J connectivity index is 0.000000625. The summed E-state index contributed by atoms with van der Waals surface area (Å²) >= 11 is 0. The molecule has 1 fully saturated rings. The van der Waals surface area contributed by atoms with E-state index in [2.05, 4.69) is 25.5 Å². The normalized spacial score (nSPS) is 12.8. The molecule has 11 nitrogen and oxygen atoms in total. The Kier molecular flexibility index (Phi) is 14.5. The molecule has 1 radical (unpaired) electrons.